The number of methoxy groups -OCH3 is 1. The first kappa shape index (κ1) is 8.97. The number of nitrogens with zero attached hydrogens (tertiary/aromatic N) is 2. The fourth-order valence-electron chi connectivity index (χ4n) is 1.04. The van der Waals surface area contributed by atoms with Gasteiger partial charge in [0.25, 0.3) is 0 Å². The molecule has 0 aliphatic carbocycles. The topological polar surface area (TPSA) is 35.0 Å². The molecule has 0 spiro atoms. The molecule has 3 nitrogen and oxygen atoms in total. The van der Waals surface area contributed by atoms with Gasteiger partial charge in [0.2, 0.25) is 5.88 Å². The lowest BCUT2D eigenvalue weighted by molar-refractivity contribution is 0.374. The smallest absolute Gasteiger partial charge is 0.236 e. The maximum Gasteiger partial charge on any atom is 0.236 e. The van der Waals surface area contributed by atoms with Gasteiger partial charge in [0.15, 0.2) is 0 Å². The van der Waals surface area contributed by atoms with Gasteiger partial charge in [-0.1, -0.05) is 20.8 Å². The zero-order valence-corrected chi connectivity index (χ0v) is 7.96. The summed E-state index contributed by atoms with van der Waals surface area (Å²) in [6.45, 7) is 6.35. The zero-order chi connectivity index (χ0) is 9.19. The highest BCUT2D eigenvalue weighted by Gasteiger charge is 2.19. The van der Waals surface area contributed by atoms with Crippen LogP contribution in [0.1, 0.15) is 26.3 Å². The predicted octanol–water partition coefficient (Wildman–Crippen LogP) is 1.78. The standard InChI is InChI=1S/C9H14N2O/c1-9(2,3)7-5-6-10-11-8(7)12-4/h5-6H,1-4H3. The zero-order valence-electron chi connectivity index (χ0n) is 7.96. The van der Waals surface area contributed by atoms with E-state index in [0.717, 1.165) is 5.56 Å². The Balaban J connectivity index is 3.14. The van der Waals surface area contributed by atoms with Crippen molar-refractivity contribution in [2.24, 2.45) is 0 Å². The highest BCUT2D eigenvalue weighted by molar-refractivity contribution is 5.30. The van der Waals surface area contributed by atoms with Gasteiger partial charge in [-0.25, -0.2) is 0 Å². The molecule has 0 N–H and O–H groups in total. The number of hydrogen-bond acceptors (Lipinski definition) is 3. The van der Waals surface area contributed by atoms with Crippen molar-refractivity contribution in [3.05, 3.63) is 17.8 Å². The van der Waals surface area contributed by atoms with Crippen molar-refractivity contribution in [2.45, 2.75) is 26.2 Å². The van der Waals surface area contributed by atoms with E-state index in [9.17, 15) is 0 Å². The van der Waals surface area contributed by atoms with Gasteiger partial charge in [-0.2, -0.15) is 5.10 Å². The van der Waals surface area contributed by atoms with Crippen molar-refractivity contribution in [3.63, 3.8) is 0 Å². The van der Waals surface area contributed by atoms with Crippen molar-refractivity contribution < 1.29 is 4.74 Å². The molecule has 0 saturated carbocycles. The average molecular weight is 166 g/mol. The first-order valence-electron chi connectivity index (χ1n) is 3.92. The molecular weight excluding hydrogens is 152 g/mol. The van der Waals surface area contributed by atoms with Crippen LogP contribution in [0.3, 0.4) is 0 Å². The maximum absolute atomic E-state index is 5.10. The molecular formula is C9H14N2O. The summed E-state index contributed by atoms with van der Waals surface area (Å²) in [7, 11) is 1.61. The molecule has 0 fully saturated rings. The molecule has 0 saturated heterocycles. The molecule has 1 heterocycles. The van der Waals surface area contributed by atoms with E-state index >= 15 is 0 Å². The second-order valence-corrected chi connectivity index (χ2v) is 3.70. The van der Waals surface area contributed by atoms with Crippen LogP contribution in [0.4, 0.5) is 0 Å². The monoisotopic (exact) mass is 166 g/mol. The van der Waals surface area contributed by atoms with Crippen LogP contribution >= 0.6 is 0 Å². The lowest BCUT2D eigenvalue weighted by Crippen LogP contribution is -2.13. The van der Waals surface area contributed by atoms with Gasteiger partial charge in [0.05, 0.1) is 13.3 Å². The first-order chi connectivity index (χ1) is 5.55. The molecule has 1 aromatic rings. The molecule has 0 aromatic carbocycles. The van der Waals surface area contributed by atoms with Crippen molar-refractivity contribution in [3.8, 4) is 5.88 Å². The lowest BCUT2D eigenvalue weighted by Gasteiger charge is -2.19. The molecule has 1 aromatic heterocycles. The molecule has 0 bridgehead atoms. The summed E-state index contributed by atoms with van der Waals surface area (Å²) in [5, 5.41) is 7.65. The molecule has 0 amide bonds. The molecule has 12 heavy (non-hydrogen) atoms. The van der Waals surface area contributed by atoms with Crippen LogP contribution in [0.5, 0.6) is 5.88 Å². The molecule has 0 unspecified atom stereocenters. The number of rotatable bonds is 1. The molecule has 0 aliphatic rings. The van der Waals surface area contributed by atoms with Crippen LogP contribution in [0.15, 0.2) is 12.3 Å². The van der Waals surface area contributed by atoms with E-state index in [1.807, 2.05) is 6.07 Å². The normalized spacial score (nSPS) is 11.3. The highest BCUT2D eigenvalue weighted by atomic mass is 16.5. The largest absolute Gasteiger partial charge is 0.480 e. The van der Waals surface area contributed by atoms with E-state index in [2.05, 4.69) is 31.0 Å². The summed E-state index contributed by atoms with van der Waals surface area (Å²) >= 11 is 0. The minimum Gasteiger partial charge on any atom is -0.480 e. The van der Waals surface area contributed by atoms with Crippen molar-refractivity contribution in [2.75, 3.05) is 7.11 Å². The molecule has 1 rings (SSSR count). The summed E-state index contributed by atoms with van der Waals surface area (Å²) in [5.74, 6) is 0.616. The third-order valence-corrected chi connectivity index (χ3v) is 1.69. The number of hydrogen-bond donors (Lipinski definition) is 0. The van der Waals surface area contributed by atoms with E-state index in [0.29, 0.717) is 5.88 Å². The van der Waals surface area contributed by atoms with Gasteiger partial charge in [-0.15, -0.1) is 5.10 Å². The van der Waals surface area contributed by atoms with Crippen LogP contribution in [0, 0.1) is 0 Å². The van der Waals surface area contributed by atoms with Crippen LogP contribution in [-0.4, -0.2) is 17.3 Å². The average Bonchev–Trinajstić information content (AvgIpc) is 2.03. The minimum atomic E-state index is 0.0568. The highest BCUT2D eigenvalue weighted by Crippen LogP contribution is 2.27. The van der Waals surface area contributed by atoms with E-state index < -0.39 is 0 Å². The van der Waals surface area contributed by atoms with Crippen LogP contribution in [0.2, 0.25) is 0 Å². The van der Waals surface area contributed by atoms with Crippen LogP contribution in [0.25, 0.3) is 0 Å². The van der Waals surface area contributed by atoms with Gasteiger partial charge in [-0.3, -0.25) is 0 Å². The Kier molecular flexibility index (Phi) is 2.31. The Labute approximate surface area is 72.8 Å². The van der Waals surface area contributed by atoms with E-state index in [1.54, 1.807) is 13.3 Å². The van der Waals surface area contributed by atoms with Crippen LogP contribution in [-0.2, 0) is 5.41 Å². The predicted molar refractivity (Wildman–Crippen MR) is 47.3 cm³/mol. The van der Waals surface area contributed by atoms with Gasteiger partial charge < -0.3 is 4.74 Å². The molecule has 0 aliphatic heterocycles. The second-order valence-electron chi connectivity index (χ2n) is 3.70. The minimum absolute atomic E-state index is 0.0568. The SMILES string of the molecule is COc1nnccc1C(C)(C)C. The Morgan fingerprint density at radius 1 is 1.33 bits per heavy atom. The van der Waals surface area contributed by atoms with Crippen molar-refractivity contribution in [1.82, 2.24) is 10.2 Å². The Morgan fingerprint density at radius 3 is 2.42 bits per heavy atom. The number of ether oxygens (including phenoxy) is 1. The lowest BCUT2D eigenvalue weighted by atomic mass is 9.88. The third kappa shape index (κ3) is 1.72. The maximum atomic E-state index is 5.10. The van der Waals surface area contributed by atoms with E-state index in [1.165, 1.54) is 0 Å². The fraction of sp³-hybridized carbons (Fsp3) is 0.556. The second kappa shape index (κ2) is 3.09. The summed E-state index contributed by atoms with van der Waals surface area (Å²) in [6, 6.07) is 1.94. The van der Waals surface area contributed by atoms with Gasteiger partial charge in [0.1, 0.15) is 0 Å². The van der Waals surface area contributed by atoms with E-state index in [-0.39, 0.29) is 5.41 Å². The summed E-state index contributed by atoms with van der Waals surface area (Å²) in [5.41, 5.74) is 1.14. The Bertz CT molecular complexity index is 265. The summed E-state index contributed by atoms with van der Waals surface area (Å²) in [4.78, 5) is 0. The van der Waals surface area contributed by atoms with Gasteiger partial charge in [0, 0.05) is 5.56 Å². The quantitative estimate of drug-likeness (QED) is 0.638. The first-order valence-corrected chi connectivity index (χ1v) is 3.92. The summed E-state index contributed by atoms with van der Waals surface area (Å²) < 4.78 is 5.10. The third-order valence-electron chi connectivity index (χ3n) is 1.69. The van der Waals surface area contributed by atoms with Crippen molar-refractivity contribution in [1.29, 1.82) is 0 Å². The van der Waals surface area contributed by atoms with Gasteiger partial charge in [-0.05, 0) is 11.5 Å². The number of aromatic nitrogens is 2. The Morgan fingerprint density at radius 2 is 2.00 bits per heavy atom. The van der Waals surface area contributed by atoms with Gasteiger partial charge >= 0.3 is 0 Å². The summed E-state index contributed by atoms with van der Waals surface area (Å²) in [6.07, 6.45) is 1.68. The van der Waals surface area contributed by atoms with Crippen molar-refractivity contribution >= 4 is 0 Å². The molecule has 66 valence electrons. The molecule has 3 heteroatoms. The fourth-order valence-corrected chi connectivity index (χ4v) is 1.04. The Hall–Kier alpha value is -1.12. The molecule has 0 radical (unpaired) electrons. The van der Waals surface area contributed by atoms with Crippen LogP contribution < -0.4 is 4.74 Å². The van der Waals surface area contributed by atoms with E-state index in [4.69, 9.17) is 4.74 Å². The molecule has 0 atom stereocenters.